The van der Waals surface area contributed by atoms with Crippen LogP contribution in [0.2, 0.25) is 0 Å². The molecule has 152 valence electrons. The van der Waals surface area contributed by atoms with Crippen molar-refractivity contribution in [2.75, 3.05) is 33.4 Å². The van der Waals surface area contributed by atoms with E-state index in [1.54, 1.807) is 13.3 Å². The van der Waals surface area contributed by atoms with E-state index in [-0.39, 0.29) is 0 Å². The Labute approximate surface area is 164 Å². The summed E-state index contributed by atoms with van der Waals surface area (Å²) in [5.41, 5.74) is 0. The molecular formula is C19H28N6O3. The molecule has 2 fully saturated rings. The second-order valence-corrected chi connectivity index (χ2v) is 7.14. The number of aromatic amines is 1. The zero-order valence-electron chi connectivity index (χ0n) is 16.3. The number of aromatic nitrogens is 3. The summed E-state index contributed by atoms with van der Waals surface area (Å²) in [4.78, 5) is 11.1. The smallest absolute Gasteiger partial charge is 0.216 e. The van der Waals surface area contributed by atoms with Crippen LogP contribution in [-0.4, -0.2) is 71.6 Å². The van der Waals surface area contributed by atoms with Gasteiger partial charge in [-0.1, -0.05) is 0 Å². The van der Waals surface area contributed by atoms with E-state index >= 15 is 0 Å². The largest absolute Gasteiger partial charge is 0.461 e. The van der Waals surface area contributed by atoms with Crippen LogP contribution in [0.25, 0.3) is 11.6 Å². The fourth-order valence-corrected chi connectivity index (χ4v) is 3.64. The number of aliphatic imine (C=N–C) groups is 1. The number of guanidine groups is 1. The number of nitrogens with zero attached hydrogens (tertiary/aromatic N) is 4. The SMILES string of the molecule is CN=C(NCc1nc(-c2ccco2)n[nH]1)N1CCC(OCC2CCCO2)CC1. The third-order valence-electron chi connectivity index (χ3n) is 5.18. The molecule has 0 aliphatic carbocycles. The monoisotopic (exact) mass is 388 g/mol. The number of piperidine rings is 1. The van der Waals surface area contributed by atoms with Gasteiger partial charge in [-0.2, -0.15) is 0 Å². The second-order valence-electron chi connectivity index (χ2n) is 7.14. The summed E-state index contributed by atoms with van der Waals surface area (Å²) in [6.07, 6.45) is 6.49. The molecule has 0 spiro atoms. The number of rotatable bonds is 6. The summed E-state index contributed by atoms with van der Waals surface area (Å²) >= 11 is 0. The number of furan rings is 1. The number of nitrogens with one attached hydrogen (secondary N) is 2. The van der Waals surface area contributed by atoms with Crippen LogP contribution >= 0.6 is 0 Å². The zero-order valence-corrected chi connectivity index (χ0v) is 16.3. The van der Waals surface area contributed by atoms with Gasteiger partial charge in [-0.25, -0.2) is 4.98 Å². The van der Waals surface area contributed by atoms with Gasteiger partial charge in [0.2, 0.25) is 5.82 Å². The number of hydrogen-bond donors (Lipinski definition) is 2. The van der Waals surface area contributed by atoms with Crippen molar-refractivity contribution in [1.82, 2.24) is 25.4 Å². The Morgan fingerprint density at radius 1 is 1.39 bits per heavy atom. The molecule has 1 atom stereocenters. The summed E-state index contributed by atoms with van der Waals surface area (Å²) in [5, 5.41) is 10.5. The van der Waals surface area contributed by atoms with Gasteiger partial charge in [0.05, 0.1) is 31.6 Å². The first-order valence-electron chi connectivity index (χ1n) is 9.96. The maximum atomic E-state index is 6.05. The van der Waals surface area contributed by atoms with E-state index in [0.717, 1.165) is 63.8 Å². The molecule has 2 aromatic heterocycles. The molecule has 0 saturated carbocycles. The molecular weight excluding hydrogens is 360 g/mol. The Morgan fingerprint density at radius 3 is 3.00 bits per heavy atom. The van der Waals surface area contributed by atoms with Crippen molar-refractivity contribution < 1.29 is 13.9 Å². The molecule has 2 aliphatic heterocycles. The first kappa shape index (κ1) is 18.9. The van der Waals surface area contributed by atoms with Crippen LogP contribution in [-0.2, 0) is 16.0 Å². The quantitative estimate of drug-likeness (QED) is 0.575. The third-order valence-corrected chi connectivity index (χ3v) is 5.18. The van der Waals surface area contributed by atoms with Crippen LogP contribution in [0.5, 0.6) is 0 Å². The van der Waals surface area contributed by atoms with Crippen molar-refractivity contribution in [2.45, 2.75) is 44.4 Å². The number of likely N-dealkylation sites (tertiary alicyclic amines) is 1. The van der Waals surface area contributed by atoms with E-state index in [4.69, 9.17) is 13.9 Å². The standard InChI is InChI=1S/C19H28N6O3/c1-20-19(21-12-17-22-18(24-23-17)16-5-3-11-27-16)25-8-6-14(7-9-25)28-13-15-4-2-10-26-15/h3,5,11,14-15H,2,4,6-10,12-13H2,1H3,(H,20,21)(H,22,23,24). The lowest BCUT2D eigenvalue weighted by Gasteiger charge is -2.34. The van der Waals surface area contributed by atoms with E-state index in [0.29, 0.717) is 30.3 Å². The molecule has 0 aromatic carbocycles. The lowest BCUT2D eigenvalue weighted by molar-refractivity contribution is -0.0367. The fraction of sp³-hybridized carbons (Fsp3) is 0.632. The minimum Gasteiger partial charge on any atom is -0.461 e. The minimum atomic E-state index is 0.292. The predicted octanol–water partition coefficient (Wildman–Crippen LogP) is 1.80. The Kier molecular flexibility index (Phi) is 6.23. The van der Waals surface area contributed by atoms with E-state index in [9.17, 15) is 0 Å². The van der Waals surface area contributed by atoms with Crippen LogP contribution < -0.4 is 5.32 Å². The minimum absolute atomic E-state index is 0.292. The molecule has 2 aromatic rings. The molecule has 0 amide bonds. The van der Waals surface area contributed by atoms with Gasteiger partial charge in [0.25, 0.3) is 0 Å². The average molecular weight is 388 g/mol. The summed E-state index contributed by atoms with van der Waals surface area (Å²) in [6.45, 7) is 3.97. The highest BCUT2D eigenvalue weighted by Gasteiger charge is 2.24. The molecule has 9 heteroatoms. The van der Waals surface area contributed by atoms with Crippen molar-refractivity contribution in [3.63, 3.8) is 0 Å². The molecule has 0 bridgehead atoms. The fourth-order valence-electron chi connectivity index (χ4n) is 3.64. The lowest BCUT2D eigenvalue weighted by atomic mass is 10.1. The van der Waals surface area contributed by atoms with E-state index < -0.39 is 0 Å². The summed E-state index contributed by atoms with van der Waals surface area (Å²) in [5.74, 6) is 2.81. The van der Waals surface area contributed by atoms with Crippen molar-refractivity contribution in [2.24, 2.45) is 4.99 Å². The molecule has 0 radical (unpaired) electrons. The van der Waals surface area contributed by atoms with E-state index in [1.165, 1.54) is 0 Å². The van der Waals surface area contributed by atoms with Crippen molar-refractivity contribution >= 4 is 5.96 Å². The van der Waals surface area contributed by atoms with Gasteiger partial charge < -0.3 is 24.1 Å². The average Bonchev–Trinajstić information content (AvgIpc) is 3.50. The highest BCUT2D eigenvalue weighted by atomic mass is 16.5. The van der Waals surface area contributed by atoms with Crippen molar-refractivity contribution in [1.29, 1.82) is 0 Å². The lowest BCUT2D eigenvalue weighted by Crippen LogP contribution is -2.47. The first-order valence-corrected chi connectivity index (χ1v) is 9.96. The third kappa shape index (κ3) is 4.71. The first-order chi connectivity index (χ1) is 13.8. The van der Waals surface area contributed by atoms with E-state index in [2.05, 4.69) is 30.4 Å². The maximum Gasteiger partial charge on any atom is 0.216 e. The van der Waals surface area contributed by atoms with Gasteiger partial charge >= 0.3 is 0 Å². The number of H-pyrrole nitrogens is 1. The Hall–Kier alpha value is -2.39. The highest BCUT2D eigenvalue weighted by molar-refractivity contribution is 5.79. The molecule has 28 heavy (non-hydrogen) atoms. The van der Waals surface area contributed by atoms with Gasteiger partial charge in [-0.15, -0.1) is 5.10 Å². The molecule has 1 unspecified atom stereocenters. The maximum absolute atomic E-state index is 6.05. The van der Waals surface area contributed by atoms with Crippen LogP contribution in [0.1, 0.15) is 31.5 Å². The number of ether oxygens (including phenoxy) is 2. The molecule has 2 saturated heterocycles. The van der Waals surface area contributed by atoms with Gasteiger partial charge in [-0.3, -0.25) is 10.1 Å². The van der Waals surface area contributed by atoms with Crippen LogP contribution in [0.15, 0.2) is 27.8 Å². The summed E-state index contributed by atoms with van der Waals surface area (Å²) in [6, 6.07) is 3.66. The van der Waals surface area contributed by atoms with Crippen molar-refractivity contribution in [3.05, 3.63) is 24.2 Å². The molecule has 2 aliphatic rings. The Morgan fingerprint density at radius 2 is 2.29 bits per heavy atom. The van der Waals surface area contributed by atoms with Gasteiger partial charge in [0, 0.05) is 26.7 Å². The van der Waals surface area contributed by atoms with Crippen LogP contribution in [0.4, 0.5) is 0 Å². The molecule has 4 heterocycles. The molecule has 9 nitrogen and oxygen atoms in total. The van der Waals surface area contributed by atoms with Crippen LogP contribution in [0, 0.1) is 0 Å². The highest BCUT2D eigenvalue weighted by Crippen LogP contribution is 2.18. The summed E-state index contributed by atoms with van der Waals surface area (Å²) in [7, 11) is 1.80. The van der Waals surface area contributed by atoms with Gasteiger partial charge in [0.1, 0.15) is 5.82 Å². The summed E-state index contributed by atoms with van der Waals surface area (Å²) < 4.78 is 17.0. The number of hydrogen-bond acceptors (Lipinski definition) is 6. The van der Waals surface area contributed by atoms with Gasteiger partial charge in [0.15, 0.2) is 11.7 Å². The second kappa shape index (κ2) is 9.20. The molecule has 2 N–H and O–H groups in total. The molecule has 4 rings (SSSR count). The Balaban J connectivity index is 1.21. The Bertz CT molecular complexity index is 746. The van der Waals surface area contributed by atoms with Crippen LogP contribution in [0.3, 0.4) is 0 Å². The van der Waals surface area contributed by atoms with Crippen molar-refractivity contribution in [3.8, 4) is 11.6 Å². The predicted molar refractivity (Wildman–Crippen MR) is 104 cm³/mol. The van der Waals surface area contributed by atoms with Gasteiger partial charge in [-0.05, 0) is 37.8 Å². The normalized spacial score (nSPS) is 21.4. The zero-order chi connectivity index (χ0) is 19.2. The topological polar surface area (TPSA) is 101 Å². The van der Waals surface area contributed by atoms with E-state index in [1.807, 2.05) is 12.1 Å².